The molecule has 1 aliphatic heterocycles. The highest BCUT2D eigenvalue weighted by molar-refractivity contribution is 7.80. The topological polar surface area (TPSA) is 87.7 Å². The molecule has 3 amide bonds. The molecule has 1 heterocycles. The molecule has 0 atom stereocenters. The van der Waals surface area contributed by atoms with Gasteiger partial charge in [0.2, 0.25) is 0 Å². The van der Waals surface area contributed by atoms with Gasteiger partial charge in [-0.1, -0.05) is 48.9 Å². The monoisotopic (exact) mass is 499 g/mol. The lowest BCUT2D eigenvalue weighted by Gasteiger charge is -2.29. The van der Waals surface area contributed by atoms with Crippen LogP contribution in [0, 0.1) is 6.92 Å². The predicted molar refractivity (Wildman–Crippen MR) is 144 cm³/mol. The average molecular weight is 500 g/mol. The summed E-state index contributed by atoms with van der Waals surface area (Å²) in [6.45, 7) is 3.86. The first-order chi connectivity index (χ1) is 17.3. The van der Waals surface area contributed by atoms with Crippen molar-refractivity contribution in [3.63, 3.8) is 0 Å². The molecule has 1 saturated heterocycles. The Morgan fingerprint density at radius 2 is 1.67 bits per heavy atom. The molecule has 2 N–H and O–H groups in total. The number of hydrogen-bond donors (Lipinski definition) is 2. The zero-order valence-electron chi connectivity index (χ0n) is 19.9. The molecule has 8 heteroatoms. The fourth-order valence-electron chi connectivity index (χ4n) is 3.58. The molecule has 0 saturated carbocycles. The van der Waals surface area contributed by atoms with Crippen LogP contribution in [0.2, 0.25) is 0 Å². The Balaban J connectivity index is 1.42. The number of amides is 3. The molecule has 3 aromatic rings. The second-order valence-electron chi connectivity index (χ2n) is 8.25. The predicted octanol–water partition coefficient (Wildman–Crippen LogP) is 4.41. The largest absolute Gasteiger partial charge is 0.484 e. The van der Waals surface area contributed by atoms with E-state index in [0.29, 0.717) is 22.7 Å². The Labute approximate surface area is 214 Å². The van der Waals surface area contributed by atoms with Crippen LogP contribution < -0.4 is 20.3 Å². The zero-order chi connectivity index (χ0) is 25.7. The summed E-state index contributed by atoms with van der Waals surface area (Å²) in [7, 11) is 0. The minimum Gasteiger partial charge on any atom is -0.484 e. The van der Waals surface area contributed by atoms with Gasteiger partial charge in [0.05, 0.1) is 5.69 Å². The number of hydrogen-bond acceptors (Lipinski definition) is 5. The van der Waals surface area contributed by atoms with E-state index in [2.05, 4.69) is 10.6 Å². The summed E-state index contributed by atoms with van der Waals surface area (Å²) in [6, 6.07) is 21.7. The van der Waals surface area contributed by atoms with E-state index >= 15 is 0 Å². The minimum atomic E-state index is -0.556. The van der Waals surface area contributed by atoms with Crippen LogP contribution in [0.1, 0.15) is 23.6 Å². The SMILES string of the molecule is CCc1ccc(N2C(=O)/C(=C/c3ccc(OCC(=O)Nc4ccc(C)cc4)cc3)C(=O)NC2=S)cc1. The normalized spacial score (nSPS) is 14.6. The van der Waals surface area contributed by atoms with Crippen molar-refractivity contribution >= 4 is 52.5 Å². The summed E-state index contributed by atoms with van der Waals surface area (Å²) in [5, 5.41) is 5.40. The number of thiocarbonyl (C=S) groups is 1. The number of nitrogens with one attached hydrogen (secondary N) is 2. The van der Waals surface area contributed by atoms with E-state index in [0.717, 1.165) is 17.5 Å². The van der Waals surface area contributed by atoms with Crippen molar-refractivity contribution in [2.45, 2.75) is 20.3 Å². The minimum absolute atomic E-state index is 0.0330. The molecule has 182 valence electrons. The van der Waals surface area contributed by atoms with Gasteiger partial charge in [-0.2, -0.15) is 0 Å². The summed E-state index contributed by atoms with van der Waals surface area (Å²) >= 11 is 5.25. The Morgan fingerprint density at radius 1 is 1.00 bits per heavy atom. The molecule has 0 aromatic heterocycles. The number of aryl methyl sites for hydroxylation is 2. The number of carbonyl (C=O) groups excluding carboxylic acids is 3. The van der Waals surface area contributed by atoms with Gasteiger partial charge in [0.15, 0.2) is 11.7 Å². The first-order valence-corrected chi connectivity index (χ1v) is 11.8. The van der Waals surface area contributed by atoms with Crippen molar-refractivity contribution in [2.24, 2.45) is 0 Å². The smallest absolute Gasteiger partial charge is 0.270 e. The molecule has 3 aromatic carbocycles. The van der Waals surface area contributed by atoms with Gasteiger partial charge in [-0.15, -0.1) is 0 Å². The van der Waals surface area contributed by atoms with Gasteiger partial charge in [-0.3, -0.25) is 24.6 Å². The molecule has 1 aliphatic rings. The highest BCUT2D eigenvalue weighted by Crippen LogP contribution is 2.23. The van der Waals surface area contributed by atoms with Crippen molar-refractivity contribution in [1.82, 2.24) is 5.32 Å². The number of anilines is 2. The number of carbonyl (C=O) groups is 3. The van der Waals surface area contributed by atoms with Crippen LogP contribution in [0.4, 0.5) is 11.4 Å². The van der Waals surface area contributed by atoms with Crippen molar-refractivity contribution < 1.29 is 19.1 Å². The molecule has 0 unspecified atom stereocenters. The van der Waals surface area contributed by atoms with Gasteiger partial charge >= 0.3 is 0 Å². The fraction of sp³-hybridized carbons (Fsp3) is 0.143. The van der Waals surface area contributed by atoms with Crippen LogP contribution in [-0.4, -0.2) is 29.4 Å². The third-order valence-electron chi connectivity index (χ3n) is 5.60. The van der Waals surface area contributed by atoms with Crippen molar-refractivity contribution in [1.29, 1.82) is 0 Å². The van der Waals surface area contributed by atoms with Crippen molar-refractivity contribution in [2.75, 3.05) is 16.8 Å². The second-order valence-corrected chi connectivity index (χ2v) is 8.64. The lowest BCUT2D eigenvalue weighted by molar-refractivity contribution is -0.122. The molecular formula is C28H25N3O4S. The maximum atomic E-state index is 13.2. The Bertz CT molecular complexity index is 1330. The average Bonchev–Trinajstić information content (AvgIpc) is 2.87. The van der Waals surface area contributed by atoms with E-state index in [9.17, 15) is 14.4 Å². The van der Waals surface area contributed by atoms with Gasteiger partial charge in [0.1, 0.15) is 11.3 Å². The van der Waals surface area contributed by atoms with Crippen LogP contribution in [0.25, 0.3) is 6.08 Å². The quantitative estimate of drug-likeness (QED) is 0.286. The van der Waals surface area contributed by atoms with Crippen LogP contribution in [0.5, 0.6) is 5.75 Å². The molecular weight excluding hydrogens is 474 g/mol. The van der Waals surface area contributed by atoms with Gasteiger partial charge in [0, 0.05) is 5.69 Å². The van der Waals surface area contributed by atoms with Crippen LogP contribution in [0.15, 0.2) is 78.4 Å². The highest BCUT2D eigenvalue weighted by atomic mass is 32.1. The molecule has 4 rings (SSSR count). The van der Waals surface area contributed by atoms with Crippen LogP contribution in [-0.2, 0) is 20.8 Å². The van der Waals surface area contributed by atoms with Gasteiger partial charge < -0.3 is 10.1 Å². The standard InChI is InChI=1S/C28H25N3O4S/c1-3-19-6-12-22(13-7-19)31-27(34)24(26(33)30-28(31)36)16-20-8-14-23(15-9-20)35-17-25(32)29-21-10-4-18(2)5-11-21/h4-16H,3,17H2,1-2H3,(H,29,32)(H,30,33,36)/b24-16+. The Kier molecular flexibility index (Phi) is 7.56. The van der Waals surface area contributed by atoms with Gasteiger partial charge in [-0.25, -0.2) is 0 Å². The molecule has 36 heavy (non-hydrogen) atoms. The number of nitrogens with zero attached hydrogens (tertiary/aromatic N) is 1. The van der Waals surface area contributed by atoms with Crippen molar-refractivity contribution in [3.05, 3.63) is 95.1 Å². The first kappa shape index (κ1) is 24.8. The number of ether oxygens (including phenoxy) is 1. The third kappa shape index (κ3) is 5.84. The summed E-state index contributed by atoms with van der Waals surface area (Å²) in [6.07, 6.45) is 2.37. The highest BCUT2D eigenvalue weighted by Gasteiger charge is 2.34. The maximum Gasteiger partial charge on any atom is 0.270 e. The molecule has 0 aliphatic carbocycles. The second kappa shape index (κ2) is 11.0. The van der Waals surface area contributed by atoms with E-state index in [1.807, 2.05) is 50.2 Å². The lowest BCUT2D eigenvalue weighted by Crippen LogP contribution is -2.54. The lowest BCUT2D eigenvalue weighted by atomic mass is 10.1. The molecule has 1 fully saturated rings. The summed E-state index contributed by atoms with van der Waals surface area (Å²) < 4.78 is 5.55. The van der Waals surface area contributed by atoms with Crippen LogP contribution >= 0.6 is 12.2 Å². The van der Waals surface area contributed by atoms with E-state index in [1.54, 1.807) is 36.4 Å². The van der Waals surface area contributed by atoms with Crippen molar-refractivity contribution in [3.8, 4) is 5.75 Å². The number of benzene rings is 3. The third-order valence-corrected chi connectivity index (χ3v) is 5.89. The molecule has 0 spiro atoms. The van der Waals surface area contributed by atoms with Gasteiger partial charge in [0.25, 0.3) is 17.7 Å². The summed E-state index contributed by atoms with van der Waals surface area (Å²) in [5.41, 5.74) is 4.10. The Hall–Kier alpha value is -4.30. The first-order valence-electron chi connectivity index (χ1n) is 11.4. The molecule has 0 bridgehead atoms. The number of rotatable bonds is 7. The fourth-order valence-corrected chi connectivity index (χ4v) is 3.86. The zero-order valence-corrected chi connectivity index (χ0v) is 20.7. The maximum absolute atomic E-state index is 13.2. The Morgan fingerprint density at radius 3 is 2.31 bits per heavy atom. The van der Waals surface area contributed by atoms with E-state index in [1.165, 1.54) is 11.0 Å². The van der Waals surface area contributed by atoms with E-state index in [4.69, 9.17) is 17.0 Å². The van der Waals surface area contributed by atoms with Gasteiger partial charge in [-0.05, 0) is 79.2 Å². The molecule has 0 radical (unpaired) electrons. The van der Waals surface area contributed by atoms with E-state index in [-0.39, 0.29) is 23.2 Å². The summed E-state index contributed by atoms with van der Waals surface area (Å²) in [4.78, 5) is 39.1. The summed E-state index contributed by atoms with van der Waals surface area (Å²) in [5.74, 6) is -0.854. The van der Waals surface area contributed by atoms with E-state index < -0.39 is 11.8 Å². The van der Waals surface area contributed by atoms with Crippen LogP contribution in [0.3, 0.4) is 0 Å². The molecule has 7 nitrogen and oxygen atoms in total.